The summed E-state index contributed by atoms with van der Waals surface area (Å²) in [6.45, 7) is 8.08. The number of urea groups is 1. The van der Waals surface area contributed by atoms with Gasteiger partial charge in [-0.15, -0.1) is 11.3 Å². The second kappa shape index (κ2) is 7.35. The maximum atomic E-state index is 12.3. The van der Waals surface area contributed by atoms with Crippen LogP contribution in [-0.2, 0) is 0 Å². The largest absolute Gasteiger partial charge is 0.330 e. The summed E-state index contributed by atoms with van der Waals surface area (Å²) in [6, 6.07) is 3.48. The van der Waals surface area contributed by atoms with Crippen molar-refractivity contribution in [1.82, 2.24) is 20.6 Å². The standard InChI is InChI=1S/C16H22N4OS/c1-10(2)13(14-11(3)6-5-7-17-14)20-16(21)19-12(4)15-18-8-9-22-15/h5-10,12-13H,1-4H3,(H2,19,20,21). The van der Waals surface area contributed by atoms with Crippen LogP contribution in [0, 0.1) is 12.8 Å². The third kappa shape index (κ3) is 4.04. The number of amides is 2. The van der Waals surface area contributed by atoms with E-state index in [9.17, 15) is 4.79 Å². The van der Waals surface area contributed by atoms with Gasteiger partial charge in [0.05, 0.1) is 17.8 Å². The Kier molecular flexibility index (Phi) is 5.49. The first-order valence-electron chi connectivity index (χ1n) is 7.37. The lowest BCUT2D eigenvalue weighted by Crippen LogP contribution is -2.41. The van der Waals surface area contributed by atoms with Crippen LogP contribution in [0.25, 0.3) is 0 Å². The minimum Gasteiger partial charge on any atom is -0.330 e. The first kappa shape index (κ1) is 16.4. The Balaban J connectivity index is 2.05. The van der Waals surface area contributed by atoms with Crippen molar-refractivity contribution in [3.05, 3.63) is 46.2 Å². The molecule has 2 heterocycles. The van der Waals surface area contributed by atoms with Gasteiger partial charge in [0.25, 0.3) is 0 Å². The molecule has 118 valence electrons. The highest BCUT2D eigenvalue weighted by Crippen LogP contribution is 2.22. The molecule has 0 aromatic carbocycles. The molecule has 0 radical (unpaired) electrons. The number of hydrogen-bond donors (Lipinski definition) is 2. The molecule has 2 aromatic heterocycles. The molecule has 2 atom stereocenters. The van der Waals surface area contributed by atoms with Crippen molar-refractivity contribution in [3.8, 4) is 0 Å². The Labute approximate surface area is 135 Å². The van der Waals surface area contributed by atoms with E-state index in [1.165, 1.54) is 11.3 Å². The lowest BCUT2D eigenvalue weighted by Gasteiger charge is -2.24. The Hall–Kier alpha value is -1.95. The number of carbonyl (C=O) groups is 1. The number of aromatic nitrogens is 2. The highest BCUT2D eigenvalue weighted by atomic mass is 32.1. The van der Waals surface area contributed by atoms with Crippen molar-refractivity contribution in [2.45, 2.75) is 39.8 Å². The summed E-state index contributed by atoms with van der Waals surface area (Å²) in [6.07, 6.45) is 3.50. The predicted octanol–water partition coefficient (Wildman–Crippen LogP) is 3.60. The van der Waals surface area contributed by atoms with E-state index in [1.54, 1.807) is 12.4 Å². The normalized spacial score (nSPS) is 13.7. The van der Waals surface area contributed by atoms with Crippen LogP contribution in [0.5, 0.6) is 0 Å². The summed E-state index contributed by atoms with van der Waals surface area (Å²) in [7, 11) is 0. The molecule has 0 bridgehead atoms. The lowest BCUT2D eigenvalue weighted by atomic mass is 9.97. The first-order chi connectivity index (χ1) is 10.5. The van der Waals surface area contributed by atoms with Crippen molar-refractivity contribution in [3.63, 3.8) is 0 Å². The SMILES string of the molecule is Cc1cccnc1C(NC(=O)NC(C)c1nccs1)C(C)C. The average molecular weight is 318 g/mol. The molecule has 0 fully saturated rings. The number of nitrogens with zero attached hydrogens (tertiary/aromatic N) is 2. The van der Waals surface area contributed by atoms with Crippen LogP contribution < -0.4 is 10.6 Å². The van der Waals surface area contributed by atoms with Gasteiger partial charge in [0.2, 0.25) is 0 Å². The summed E-state index contributed by atoms with van der Waals surface area (Å²) in [5, 5.41) is 8.75. The van der Waals surface area contributed by atoms with Gasteiger partial charge < -0.3 is 10.6 Å². The van der Waals surface area contributed by atoms with E-state index >= 15 is 0 Å². The fourth-order valence-electron chi connectivity index (χ4n) is 2.26. The van der Waals surface area contributed by atoms with Crippen molar-refractivity contribution in [1.29, 1.82) is 0 Å². The molecular weight excluding hydrogens is 296 g/mol. The molecule has 0 saturated heterocycles. The molecule has 0 aliphatic rings. The van der Waals surface area contributed by atoms with Gasteiger partial charge in [0.15, 0.2) is 0 Å². The second-order valence-electron chi connectivity index (χ2n) is 5.64. The smallest absolute Gasteiger partial charge is 0.315 e. The lowest BCUT2D eigenvalue weighted by molar-refractivity contribution is 0.229. The van der Waals surface area contributed by atoms with Crippen molar-refractivity contribution >= 4 is 17.4 Å². The maximum Gasteiger partial charge on any atom is 0.315 e. The molecule has 6 heteroatoms. The summed E-state index contributed by atoms with van der Waals surface area (Å²) >= 11 is 1.53. The zero-order valence-corrected chi connectivity index (χ0v) is 14.1. The van der Waals surface area contributed by atoms with Crippen LogP contribution in [0.2, 0.25) is 0 Å². The first-order valence-corrected chi connectivity index (χ1v) is 8.25. The molecular formula is C16H22N4OS. The summed E-state index contributed by atoms with van der Waals surface area (Å²) < 4.78 is 0. The van der Waals surface area contributed by atoms with Gasteiger partial charge in [-0.1, -0.05) is 19.9 Å². The molecule has 5 nitrogen and oxygen atoms in total. The number of pyridine rings is 1. The molecule has 2 unspecified atom stereocenters. The summed E-state index contributed by atoms with van der Waals surface area (Å²) in [4.78, 5) is 20.9. The van der Waals surface area contributed by atoms with Gasteiger partial charge in [-0.3, -0.25) is 4.98 Å². The molecule has 2 N–H and O–H groups in total. The molecule has 22 heavy (non-hydrogen) atoms. The van der Waals surface area contributed by atoms with E-state index in [1.807, 2.05) is 31.4 Å². The monoisotopic (exact) mass is 318 g/mol. The third-order valence-electron chi connectivity index (χ3n) is 3.47. The van der Waals surface area contributed by atoms with Crippen molar-refractivity contribution < 1.29 is 4.79 Å². The van der Waals surface area contributed by atoms with Gasteiger partial charge in [0.1, 0.15) is 5.01 Å². The fraction of sp³-hybridized carbons (Fsp3) is 0.438. The van der Waals surface area contributed by atoms with Gasteiger partial charge in [0, 0.05) is 17.8 Å². The minimum absolute atomic E-state index is 0.113. The quantitative estimate of drug-likeness (QED) is 0.885. The minimum atomic E-state index is -0.202. The molecule has 0 saturated carbocycles. The van der Waals surface area contributed by atoms with Crippen LogP contribution >= 0.6 is 11.3 Å². The van der Waals surface area contributed by atoms with Crippen LogP contribution in [0.4, 0.5) is 4.79 Å². The van der Waals surface area contributed by atoms with Crippen LogP contribution in [0.1, 0.15) is 49.1 Å². The third-order valence-corrected chi connectivity index (χ3v) is 4.43. The van der Waals surface area contributed by atoms with Gasteiger partial charge in [-0.2, -0.15) is 0 Å². The van der Waals surface area contributed by atoms with Crippen LogP contribution in [0.3, 0.4) is 0 Å². The zero-order valence-electron chi connectivity index (χ0n) is 13.3. The van der Waals surface area contributed by atoms with Crippen LogP contribution in [0.15, 0.2) is 29.9 Å². The number of thiazole rings is 1. The zero-order chi connectivity index (χ0) is 16.1. The van der Waals surface area contributed by atoms with E-state index in [2.05, 4.69) is 34.4 Å². The fourth-order valence-corrected chi connectivity index (χ4v) is 2.91. The topological polar surface area (TPSA) is 66.9 Å². The van der Waals surface area contributed by atoms with Gasteiger partial charge in [-0.25, -0.2) is 9.78 Å². The Morgan fingerprint density at radius 1 is 1.18 bits per heavy atom. The van der Waals surface area contributed by atoms with Crippen molar-refractivity contribution in [2.75, 3.05) is 0 Å². The highest BCUT2D eigenvalue weighted by Gasteiger charge is 2.22. The summed E-state index contributed by atoms with van der Waals surface area (Å²) in [5.41, 5.74) is 1.99. The molecule has 0 spiro atoms. The Morgan fingerprint density at radius 3 is 2.55 bits per heavy atom. The Morgan fingerprint density at radius 2 is 1.95 bits per heavy atom. The van der Waals surface area contributed by atoms with Gasteiger partial charge in [-0.05, 0) is 31.4 Å². The molecule has 2 aromatic rings. The number of rotatable bonds is 5. The van der Waals surface area contributed by atoms with E-state index in [0.29, 0.717) is 0 Å². The van der Waals surface area contributed by atoms with E-state index in [4.69, 9.17) is 0 Å². The molecule has 2 rings (SSSR count). The molecule has 0 aliphatic carbocycles. The maximum absolute atomic E-state index is 12.3. The average Bonchev–Trinajstić information content (AvgIpc) is 2.99. The number of nitrogens with one attached hydrogen (secondary N) is 2. The van der Waals surface area contributed by atoms with E-state index < -0.39 is 0 Å². The number of carbonyl (C=O) groups excluding carboxylic acids is 1. The summed E-state index contributed by atoms with van der Waals surface area (Å²) in [5.74, 6) is 0.245. The van der Waals surface area contributed by atoms with Crippen LogP contribution in [-0.4, -0.2) is 16.0 Å². The van der Waals surface area contributed by atoms with E-state index in [-0.39, 0.29) is 24.0 Å². The van der Waals surface area contributed by atoms with E-state index in [0.717, 1.165) is 16.3 Å². The van der Waals surface area contributed by atoms with Gasteiger partial charge >= 0.3 is 6.03 Å². The number of hydrogen-bond acceptors (Lipinski definition) is 4. The molecule has 0 aliphatic heterocycles. The number of aryl methyl sites for hydroxylation is 1. The molecule has 2 amide bonds. The second-order valence-corrected chi connectivity index (χ2v) is 6.56. The predicted molar refractivity (Wildman–Crippen MR) is 88.7 cm³/mol. The highest BCUT2D eigenvalue weighted by molar-refractivity contribution is 7.09. The Bertz CT molecular complexity index is 612. The van der Waals surface area contributed by atoms with Crippen molar-refractivity contribution in [2.24, 2.45) is 5.92 Å².